The monoisotopic (exact) mass is 461 g/mol. The first-order chi connectivity index (χ1) is 12.3. The van der Waals surface area contributed by atoms with E-state index in [0.717, 1.165) is 0 Å². The maximum absolute atomic E-state index is 13.9. The van der Waals surface area contributed by atoms with Crippen molar-refractivity contribution < 1.29 is 12.8 Å². The van der Waals surface area contributed by atoms with Crippen LogP contribution < -0.4 is 4.72 Å². The lowest BCUT2D eigenvalue weighted by Gasteiger charge is -2.06. The molecule has 3 rings (SSSR count). The van der Waals surface area contributed by atoms with E-state index in [4.69, 9.17) is 11.6 Å². The van der Waals surface area contributed by atoms with E-state index in [0.29, 0.717) is 11.0 Å². The van der Waals surface area contributed by atoms with Crippen molar-refractivity contribution >= 4 is 43.4 Å². The van der Waals surface area contributed by atoms with Gasteiger partial charge in [-0.2, -0.15) is 10.2 Å². The van der Waals surface area contributed by atoms with E-state index in [1.807, 2.05) is 6.92 Å². The fraction of sp³-hybridized carbons (Fsp3) is 0.200. The second-order valence-electron chi connectivity index (χ2n) is 5.36. The van der Waals surface area contributed by atoms with Gasteiger partial charge in [-0.3, -0.25) is 14.1 Å². The van der Waals surface area contributed by atoms with E-state index in [-0.39, 0.29) is 27.8 Å². The number of hydrogen-bond acceptors (Lipinski definition) is 4. The average molecular weight is 463 g/mol. The number of nitrogens with zero attached hydrogens (tertiary/aromatic N) is 4. The van der Waals surface area contributed by atoms with Crippen LogP contribution >= 0.6 is 27.5 Å². The topological polar surface area (TPSA) is 81.8 Å². The van der Waals surface area contributed by atoms with Gasteiger partial charge in [0.2, 0.25) is 0 Å². The van der Waals surface area contributed by atoms with E-state index in [1.54, 1.807) is 6.07 Å². The first-order valence-corrected chi connectivity index (χ1v) is 10.2. The van der Waals surface area contributed by atoms with Crippen LogP contribution in [0.1, 0.15) is 12.5 Å². The number of rotatable bonds is 6. The first-order valence-electron chi connectivity index (χ1n) is 7.51. The molecule has 0 aliphatic rings. The molecule has 0 radical (unpaired) electrons. The Hall–Kier alpha value is -1.91. The van der Waals surface area contributed by atoms with Gasteiger partial charge in [0.05, 0.1) is 17.2 Å². The molecule has 0 atom stereocenters. The number of halogens is 3. The molecule has 0 aliphatic carbocycles. The Morgan fingerprint density at radius 2 is 2.08 bits per heavy atom. The highest BCUT2D eigenvalue weighted by atomic mass is 79.9. The van der Waals surface area contributed by atoms with Gasteiger partial charge in [-0.1, -0.05) is 17.7 Å². The van der Waals surface area contributed by atoms with Gasteiger partial charge in [-0.15, -0.1) is 0 Å². The van der Waals surface area contributed by atoms with Crippen LogP contribution in [-0.4, -0.2) is 28.0 Å². The predicted octanol–water partition coefficient (Wildman–Crippen LogP) is 3.50. The van der Waals surface area contributed by atoms with Crippen LogP contribution in [0.25, 0.3) is 0 Å². The summed E-state index contributed by atoms with van der Waals surface area (Å²) in [5, 5.41) is 8.37. The van der Waals surface area contributed by atoms with Crippen LogP contribution in [-0.2, 0) is 23.1 Å². The molecule has 0 fully saturated rings. The van der Waals surface area contributed by atoms with Crippen molar-refractivity contribution in [1.29, 1.82) is 0 Å². The summed E-state index contributed by atoms with van der Waals surface area (Å²) >= 11 is 9.27. The van der Waals surface area contributed by atoms with E-state index < -0.39 is 15.8 Å². The van der Waals surface area contributed by atoms with Crippen LogP contribution in [0.15, 0.2) is 46.2 Å². The zero-order chi connectivity index (χ0) is 18.9. The van der Waals surface area contributed by atoms with Gasteiger partial charge in [-0.25, -0.2) is 12.8 Å². The van der Waals surface area contributed by atoms with Crippen molar-refractivity contribution in [3.8, 4) is 0 Å². The highest BCUT2D eigenvalue weighted by molar-refractivity contribution is 9.10. The molecule has 26 heavy (non-hydrogen) atoms. The van der Waals surface area contributed by atoms with E-state index >= 15 is 0 Å². The fourth-order valence-corrected chi connectivity index (χ4v) is 3.97. The van der Waals surface area contributed by atoms with Crippen molar-refractivity contribution in [2.24, 2.45) is 0 Å². The average Bonchev–Trinajstić information content (AvgIpc) is 3.19. The Morgan fingerprint density at radius 1 is 1.31 bits per heavy atom. The van der Waals surface area contributed by atoms with E-state index in [9.17, 15) is 12.8 Å². The number of sulfonamides is 1. The molecule has 2 heterocycles. The van der Waals surface area contributed by atoms with Crippen molar-refractivity contribution in [2.75, 3.05) is 4.72 Å². The standard InChI is InChI=1S/C15H14BrClFN5O2S/c1-2-22-7-10(6-19-22)26(24,25)21-15-12(16)9-23(20-15)8-11-13(17)4-3-5-14(11)18/h3-7,9H,2,8H2,1H3,(H,20,21). The Morgan fingerprint density at radius 3 is 2.73 bits per heavy atom. The largest absolute Gasteiger partial charge is 0.272 e. The molecule has 138 valence electrons. The normalized spacial score (nSPS) is 11.7. The minimum absolute atomic E-state index is 0.0259. The Kier molecular flexibility index (Phi) is 5.35. The highest BCUT2D eigenvalue weighted by Crippen LogP contribution is 2.25. The second-order valence-corrected chi connectivity index (χ2v) is 8.30. The third-order valence-corrected chi connectivity index (χ3v) is 5.80. The summed E-state index contributed by atoms with van der Waals surface area (Å²) in [4.78, 5) is 0.0259. The third-order valence-electron chi connectivity index (χ3n) is 3.57. The first kappa shape index (κ1) is 18.9. The lowest BCUT2D eigenvalue weighted by molar-refractivity contribution is 0.585. The fourth-order valence-electron chi connectivity index (χ4n) is 2.24. The summed E-state index contributed by atoms with van der Waals surface area (Å²) in [6.45, 7) is 2.46. The number of nitrogens with one attached hydrogen (secondary N) is 1. The van der Waals surface area contributed by atoms with Crippen molar-refractivity contribution in [1.82, 2.24) is 19.6 Å². The van der Waals surface area contributed by atoms with Gasteiger partial charge in [-0.05, 0) is 35.0 Å². The molecule has 0 amide bonds. The van der Waals surface area contributed by atoms with Crippen LogP contribution in [0.4, 0.5) is 10.2 Å². The SMILES string of the molecule is CCn1cc(S(=O)(=O)Nc2nn(Cc3c(F)cccc3Cl)cc2Br)cn1. The molecular formula is C15H14BrClFN5O2S. The van der Waals surface area contributed by atoms with Crippen LogP contribution in [0.2, 0.25) is 5.02 Å². The van der Waals surface area contributed by atoms with Crippen molar-refractivity contribution in [3.63, 3.8) is 0 Å². The zero-order valence-electron chi connectivity index (χ0n) is 13.5. The number of aryl methyl sites for hydroxylation is 1. The molecule has 0 saturated heterocycles. The Balaban J connectivity index is 1.84. The summed E-state index contributed by atoms with van der Waals surface area (Å²) < 4.78 is 44.5. The predicted molar refractivity (Wildman–Crippen MR) is 99.1 cm³/mol. The van der Waals surface area contributed by atoms with Gasteiger partial charge >= 0.3 is 0 Å². The Labute approximate surface area is 163 Å². The quantitative estimate of drug-likeness (QED) is 0.608. The number of benzene rings is 1. The third kappa shape index (κ3) is 3.92. The van der Waals surface area contributed by atoms with Crippen molar-refractivity contribution in [2.45, 2.75) is 24.9 Å². The lowest BCUT2D eigenvalue weighted by atomic mass is 10.2. The van der Waals surface area contributed by atoms with Crippen LogP contribution in [0.3, 0.4) is 0 Å². The summed E-state index contributed by atoms with van der Waals surface area (Å²) in [5.41, 5.74) is 0.266. The molecule has 2 aromatic heterocycles. The van der Waals surface area contributed by atoms with Gasteiger partial charge in [0.1, 0.15) is 10.7 Å². The summed E-state index contributed by atoms with van der Waals surface area (Å²) in [6.07, 6.45) is 4.22. The lowest BCUT2D eigenvalue weighted by Crippen LogP contribution is -2.13. The smallest absolute Gasteiger partial charge is 0.266 e. The minimum atomic E-state index is -3.84. The number of aromatic nitrogens is 4. The highest BCUT2D eigenvalue weighted by Gasteiger charge is 2.20. The van der Waals surface area contributed by atoms with Gasteiger partial charge in [0.15, 0.2) is 5.82 Å². The molecule has 0 saturated carbocycles. The van der Waals surface area contributed by atoms with E-state index in [2.05, 4.69) is 30.8 Å². The number of anilines is 1. The summed E-state index contributed by atoms with van der Waals surface area (Å²) in [7, 11) is -3.84. The van der Waals surface area contributed by atoms with Gasteiger partial charge in [0, 0.05) is 29.5 Å². The molecule has 3 aromatic rings. The molecule has 0 bridgehead atoms. The molecule has 0 unspecified atom stereocenters. The molecule has 11 heteroatoms. The molecule has 7 nitrogen and oxygen atoms in total. The van der Waals surface area contributed by atoms with Crippen molar-refractivity contribution in [3.05, 3.63) is 57.7 Å². The Bertz CT molecular complexity index is 1030. The zero-order valence-corrected chi connectivity index (χ0v) is 16.7. The molecule has 1 aromatic carbocycles. The minimum Gasteiger partial charge on any atom is -0.272 e. The van der Waals surface area contributed by atoms with Crippen LogP contribution in [0, 0.1) is 5.82 Å². The van der Waals surface area contributed by atoms with E-state index in [1.165, 1.54) is 40.1 Å². The van der Waals surface area contributed by atoms with Gasteiger partial charge in [0.25, 0.3) is 10.0 Å². The number of hydrogen-bond donors (Lipinski definition) is 1. The van der Waals surface area contributed by atoms with Gasteiger partial charge < -0.3 is 0 Å². The molecule has 0 aliphatic heterocycles. The maximum atomic E-state index is 13.9. The maximum Gasteiger partial charge on any atom is 0.266 e. The summed E-state index contributed by atoms with van der Waals surface area (Å²) in [6, 6.07) is 4.39. The summed E-state index contributed by atoms with van der Waals surface area (Å²) in [5.74, 6) is -0.375. The van der Waals surface area contributed by atoms with Crippen LogP contribution in [0.5, 0.6) is 0 Å². The molecular weight excluding hydrogens is 449 g/mol. The molecule has 1 N–H and O–H groups in total. The second kappa shape index (κ2) is 7.37. The molecule has 0 spiro atoms.